The second-order valence-electron chi connectivity index (χ2n) is 4.51. The molecule has 0 aliphatic carbocycles. The van der Waals surface area contributed by atoms with Gasteiger partial charge < -0.3 is 10.7 Å². The highest BCUT2D eigenvalue weighted by molar-refractivity contribution is 5.88. The number of hydrogen-bond acceptors (Lipinski definition) is 2. The number of H-pyrrole nitrogens is 1. The average molecular weight is 216 g/mol. The van der Waals surface area contributed by atoms with Gasteiger partial charge in [0.1, 0.15) is 5.78 Å². The highest BCUT2D eigenvalue weighted by atomic mass is 16.1. The van der Waals surface area contributed by atoms with Crippen molar-refractivity contribution in [2.24, 2.45) is 5.73 Å². The molecule has 0 aliphatic heterocycles. The minimum absolute atomic E-state index is 0.0118. The molecule has 0 amide bonds. The number of nitrogens with one attached hydrogen (secondary N) is 1. The van der Waals surface area contributed by atoms with E-state index in [-0.39, 0.29) is 5.78 Å². The molecule has 1 atom stereocenters. The van der Waals surface area contributed by atoms with Crippen LogP contribution >= 0.6 is 0 Å². The summed E-state index contributed by atoms with van der Waals surface area (Å²) in [6.07, 6.45) is 2.49. The lowest BCUT2D eigenvalue weighted by Crippen LogP contribution is -2.45. The van der Waals surface area contributed by atoms with Gasteiger partial charge in [-0.2, -0.15) is 0 Å². The zero-order valence-corrected chi connectivity index (χ0v) is 9.58. The summed E-state index contributed by atoms with van der Waals surface area (Å²) in [5.74, 6) is 0.0118. The Balaban J connectivity index is 2.38. The van der Waals surface area contributed by atoms with Crippen LogP contribution in [0.1, 0.15) is 19.4 Å². The molecule has 0 saturated heterocycles. The largest absolute Gasteiger partial charge is 0.361 e. The van der Waals surface area contributed by atoms with Crippen LogP contribution in [0.25, 0.3) is 10.9 Å². The summed E-state index contributed by atoms with van der Waals surface area (Å²) in [7, 11) is 0. The molecule has 84 valence electrons. The third-order valence-electron chi connectivity index (χ3n) is 3.04. The van der Waals surface area contributed by atoms with Gasteiger partial charge in [-0.15, -0.1) is 0 Å². The topological polar surface area (TPSA) is 58.9 Å². The van der Waals surface area contributed by atoms with Gasteiger partial charge in [-0.1, -0.05) is 18.2 Å². The van der Waals surface area contributed by atoms with Crippen LogP contribution in [-0.4, -0.2) is 16.3 Å². The second-order valence-corrected chi connectivity index (χ2v) is 4.51. The third-order valence-corrected chi connectivity index (χ3v) is 3.04. The zero-order chi connectivity index (χ0) is 11.8. The lowest BCUT2D eigenvalue weighted by Gasteiger charge is -2.20. The summed E-state index contributed by atoms with van der Waals surface area (Å²) in [6.45, 7) is 3.31. The molecule has 1 aromatic heterocycles. The van der Waals surface area contributed by atoms with Crippen LogP contribution in [0.2, 0.25) is 0 Å². The van der Waals surface area contributed by atoms with Crippen molar-refractivity contribution in [1.82, 2.24) is 4.98 Å². The summed E-state index contributed by atoms with van der Waals surface area (Å²) in [6, 6.07) is 8.02. The van der Waals surface area contributed by atoms with Crippen molar-refractivity contribution in [3.63, 3.8) is 0 Å². The molecular formula is C13H16N2O. The molecule has 0 radical (unpaired) electrons. The molecule has 2 rings (SSSR count). The van der Waals surface area contributed by atoms with Crippen LogP contribution in [0.5, 0.6) is 0 Å². The van der Waals surface area contributed by atoms with Crippen LogP contribution in [-0.2, 0) is 11.2 Å². The van der Waals surface area contributed by atoms with Crippen molar-refractivity contribution >= 4 is 16.7 Å². The van der Waals surface area contributed by atoms with E-state index in [4.69, 9.17) is 5.73 Å². The van der Waals surface area contributed by atoms with Crippen LogP contribution in [0.4, 0.5) is 0 Å². The molecule has 3 nitrogen and oxygen atoms in total. The summed E-state index contributed by atoms with van der Waals surface area (Å²) in [5, 5.41) is 1.14. The lowest BCUT2D eigenvalue weighted by atomic mass is 9.90. The normalized spacial score (nSPS) is 14.9. The fraction of sp³-hybridized carbons (Fsp3) is 0.308. The third kappa shape index (κ3) is 1.86. The van der Waals surface area contributed by atoms with Crippen LogP contribution < -0.4 is 5.73 Å². The Bertz CT molecular complexity index is 525. The smallest absolute Gasteiger partial charge is 0.149 e. The van der Waals surface area contributed by atoms with E-state index in [9.17, 15) is 4.79 Å². The number of carbonyl (C=O) groups excluding carboxylic acids is 1. The van der Waals surface area contributed by atoms with E-state index >= 15 is 0 Å². The second kappa shape index (κ2) is 3.76. The Morgan fingerprint density at radius 1 is 1.44 bits per heavy atom. The van der Waals surface area contributed by atoms with E-state index in [2.05, 4.69) is 4.98 Å². The highest BCUT2D eigenvalue weighted by Gasteiger charge is 2.25. The summed E-state index contributed by atoms with van der Waals surface area (Å²) in [4.78, 5) is 14.6. The Hall–Kier alpha value is -1.61. The van der Waals surface area contributed by atoms with Gasteiger partial charge in [0.2, 0.25) is 0 Å². The predicted octanol–water partition coefficient (Wildman–Crippen LogP) is 2.02. The molecule has 0 fully saturated rings. The standard InChI is InChI=1S/C13H16N2O/c1-9(16)13(2,14)7-10-8-15-12-6-4-3-5-11(10)12/h3-6,8,15H,7,14H2,1-2H3. The van der Waals surface area contributed by atoms with Gasteiger partial charge in [0.25, 0.3) is 0 Å². The number of benzene rings is 1. The molecule has 0 bridgehead atoms. The predicted molar refractivity (Wildman–Crippen MR) is 65.3 cm³/mol. The SMILES string of the molecule is CC(=O)C(C)(N)Cc1c[nH]c2ccccc12. The molecule has 2 aromatic rings. The van der Waals surface area contributed by atoms with Gasteiger partial charge in [0, 0.05) is 17.1 Å². The van der Waals surface area contributed by atoms with Crippen molar-refractivity contribution in [2.75, 3.05) is 0 Å². The fourth-order valence-corrected chi connectivity index (χ4v) is 1.80. The number of carbonyl (C=O) groups is 1. The van der Waals surface area contributed by atoms with Gasteiger partial charge in [-0.05, 0) is 31.9 Å². The number of aromatic nitrogens is 1. The van der Waals surface area contributed by atoms with E-state index < -0.39 is 5.54 Å². The van der Waals surface area contributed by atoms with E-state index in [0.29, 0.717) is 6.42 Å². The molecule has 0 spiro atoms. The maximum absolute atomic E-state index is 11.4. The number of Topliss-reactive ketones (excluding diaryl/α,β-unsaturated/α-hetero) is 1. The first-order valence-electron chi connectivity index (χ1n) is 5.35. The molecular weight excluding hydrogens is 200 g/mol. The Morgan fingerprint density at radius 3 is 2.81 bits per heavy atom. The summed E-state index contributed by atoms with van der Waals surface area (Å²) < 4.78 is 0. The van der Waals surface area contributed by atoms with Gasteiger partial charge in [-0.3, -0.25) is 4.79 Å². The molecule has 3 heteroatoms. The summed E-state index contributed by atoms with van der Waals surface area (Å²) >= 11 is 0. The van der Waals surface area contributed by atoms with Gasteiger partial charge in [-0.25, -0.2) is 0 Å². The Labute approximate surface area is 94.6 Å². The van der Waals surface area contributed by atoms with Gasteiger partial charge >= 0.3 is 0 Å². The highest BCUT2D eigenvalue weighted by Crippen LogP contribution is 2.21. The molecule has 1 unspecified atom stereocenters. The van der Waals surface area contributed by atoms with Crippen molar-refractivity contribution in [2.45, 2.75) is 25.8 Å². The van der Waals surface area contributed by atoms with E-state index in [1.165, 1.54) is 6.92 Å². The van der Waals surface area contributed by atoms with Crippen molar-refractivity contribution in [3.8, 4) is 0 Å². The first-order valence-corrected chi connectivity index (χ1v) is 5.35. The monoisotopic (exact) mass is 216 g/mol. The van der Waals surface area contributed by atoms with E-state index in [0.717, 1.165) is 16.5 Å². The number of hydrogen-bond donors (Lipinski definition) is 2. The molecule has 1 aromatic carbocycles. The molecule has 0 aliphatic rings. The fourth-order valence-electron chi connectivity index (χ4n) is 1.80. The molecule has 3 N–H and O–H groups in total. The van der Waals surface area contributed by atoms with E-state index in [1.54, 1.807) is 6.92 Å². The number of aromatic amines is 1. The van der Waals surface area contributed by atoms with E-state index in [1.807, 2.05) is 30.5 Å². The number of ketones is 1. The number of nitrogens with two attached hydrogens (primary N) is 1. The van der Waals surface area contributed by atoms with Crippen LogP contribution in [0.3, 0.4) is 0 Å². The zero-order valence-electron chi connectivity index (χ0n) is 9.58. The minimum atomic E-state index is -0.787. The summed E-state index contributed by atoms with van der Waals surface area (Å²) in [5.41, 5.74) is 7.37. The lowest BCUT2D eigenvalue weighted by molar-refractivity contribution is -0.121. The number of rotatable bonds is 3. The molecule has 0 saturated carbocycles. The van der Waals surface area contributed by atoms with Crippen LogP contribution in [0.15, 0.2) is 30.5 Å². The Kier molecular flexibility index (Phi) is 2.56. The van der Waals surface area contributed by atoms with Crippen molar-refractivity contribution in [1.29, 1.82) is 0 Å². The van der Waals surface area contributed by atoms with Crippen molar-refractivity contribution in [3.05, 3.63) is 36.0 Å². The molecule has 1 heterocycles. The number of para-hydroxylation sites is 1. The van der Waals surface area contributed by atoms with Gasteiger partial charge in [0.05, 0.1) is 5.54 Å². The quantitative estimate of drug-likeness (QED) is 0.824. The first-order chi connectivity index (χ1) is 7.50. The van der Waals surface area contributed by atoms with Crippen molar-refractivity contribution < 1.29 is 4.79 Å². The first kappa shape index (κ1) is 10.9. The Morgan fingerprint density at radius 2 is 2.12 bits per heavy atom. The number of fused-ring (bicyclic) bond motifs is 1. The molecule has 16 heavy (non-hydrogen) atoms. The maximum atomic E-state index is 11.4. The average Bonchev–Trinajstić information content (AvgIpc) is 2.61. The minimum Gasteiger partial charge on any atom is -0.361 e. The van der Waals surface area contributed by atoms with Gasteiger partial charge in [0.15, 0.2) is 0 Å². The van der Waals surface area contributed by atoms with Crippen LogP contribution in [0, 0.1) is 0 Å². The maximum Gasteiger partial charge on any atom is 0.149 e.